The van der Waals surface area contributed by atoms with E-state index in [4.69, 9.17) is 9.72 Å². The Morgan fingerprint density at radius 1 is 1.00 bits per heavy atom. The largest absolute Gasteiger partial charge is 0.478 e. The number of carboxylic acids is 1. The zero-order valence-electron chi connectivity index (χ0n) is 21.4. The highest BCUT2D eigenvalue weighted by molar-refractivity contribution is 6.12. The molecule has 3 amide bonds. The van der Waals surface area contributed by atoms with Crippen LogP contribution in [0.1, 0.15) is 42.5 Å². The van der Waals surface area contributed by atoms with Gasteiger partial charge in [0, 0.05) is 12.7 Å². The Kier molecular flexibility index (Phi) is 6.59. The molecule has 0 saturated carbocycles. The number of anilines is 1. The lowest BCUT2D eigenvalue weighted by Crippen LogP contribution is -2.38. The van der Waals surface area contributed by atoms with Crippen molar-refractivity contribution in [2.75, 3.05) is 11.4 Å². The summed E-state index contributed by atoms with van der Waals surface area (Å²) in [6.07, 6.45) is 0.512. The monoisotopic (exact) mass is 512 g/mol. The summed E-state index contributed by atoms with van der Waals surface area (Å²) in [5, 5.41) is 9.40. The van der Waals surface area contributed by atoms with E-state index in [1.807, 2.05) is 44.2 Å². The number of carboxylic acid groups (broad SMARTS) is 1. The molecule has 0 bridgehead atoms. The van der Waals surface area contributed by atoms with E-state index in [0.29, 0.717) is 40.5 Å². The molecule has 1 saturated heterocycles. The highest BCUT2D eigenvalue weighted by Crippen LogP contribution is 2.35. The fraction of sp³-hybridized carbons (Fsp3) is 0.241. The average molecular weight is 513 g/mol. The first-order chi connectivity index (χ1) is 18.2. The Balaban J connectivity index is 1.44. The molecule has 2 heterocycles. The molecule has 1 atom stereocenters. The van der Waals surface area contributed by atoms with Gasteiger partial charge in [-0.15, -0.1) is 0 Å². The Bertz CT molecular complexity index is 1510. The molecule has 1 aliphatic rings. The van der Waals surface area contributed by atoms with Crippen LogP contribution in [-0.4, -0.2) is 44.0 Å². The van der Waals surface area contributed by atoms with Gasteiger partial charge in [0.2, 0.25) is 0 Å². The molecule has 3 aromatic carbocycles. The number of fused-ring (bicyclic) bond motifs is 1. The Morgan fingerprint density at radius 3 is 2.34 bits per heavy atom. The third kappa shape index (κ3) is 4.70. The van der Waals surface area contributed by atoms with E-state index in [2.05, 4.69) is 0 Å². The number of urea groups is 1. The van der Waals surface area contributed by atoms with Crippen molar-refractivity contribution in [2.24, 2.45) is 13.0 Å². The second-order valence-electron chi connectivity index (χ2n) is 9.72. The number of imidazole rings is 1. The number of aryl methyl sites for hydroxylation is 1. The number of rotatable bonds is 8. The summed E-state index contributed by atoms with van der Waals surface area (Å²) in [5.41, 5.74) is 1.96. The summed E-state index contributed by atoms with van der Waals surface area (Å²) in [5.74, 6) is 0.670. The molecule has 0 aliphatic carbocycles. The van der Waals surface area contributed by atoms with Gasteiger partial charge in [0.15, 0.2) is 0 Å². The summed E-state index contributed by atoms with van der Waals surface area (Å²) in [6.45, 7) is 3.96. The molecule has 0 spiro atoms. The van der Waals surface area contributed by atoms with E-state index in [9.17, 15) is 19.5 Å². The van der Waals surface area contributed by atoms with Gasteiger partial charge in [-0.1, -0.05) is 32.0 Å². The molecule has 0 unspecified atom stereocenters. The number of ether oxygens (including phenoxy) is 1. The Labute approximate surface area is 219 Å². The molecule has 0 radical (unpaired) electrons. The molecule has 1 aliphatic heterocycles. The van der Waals surface area contributed by atoms with Crippen LogP contribution in [0.3, 0.4) is 0 Å². The van der Waals surface area contributed by atoms with Crippen molar-refractivity contribution in [1.29, 1.82) is 0 Å². The van der Waals surface area contributed by atoms with Crippen LogP contribution in [0, 0.1) is 5.92 Å². The molecule has 5 rings (SSSR count). The highest BCUT2D eigenvalue weighted by atomic mass is 16.5. The molecule has 1 fully saturated rings. The quantitative estimate of drug-likeness (QED) is 0.307. The van der Waals surface area contributed by atoms with Crippen LogP contribution in [0.2, 0.25) is 0 Å². The van der Waals surface area contributed by atoms with Crippen molar-refractivity contribution in [3.63, 3.8) is 0 Å². The summed E-state index contributed by atoms with van der Waals surface area (Å²) in [4.78, 5) is 45.8. The lowest BCUT2D eigenvalue weighted by Gasteiger charge is -2.27. The van der Waals surface area contributed by atoms with Crippen molar-refractivity contribution < 1.29 is 24.2 Å². The van der Waals surface area contributed by atoms with Gasteiger partial charge in [0.05, 0.1) is 22.6 Å². The molecule has 1 N–H and O–H groups in total. The second kappa shape index (κ2) is 10.0. The molecule has 4 aromatic rings. The third-order valence-corrected chi connectivity index (χ3v) is 6.59. The standard InChI is InChI=1S/C29H28N4O5/c1-18(2)15-25(27-30-23-14-9-19(28(35)36)16-24(23)31(27)3)33-26(34)17-32(29(33)37)20-10-12-22(13-11-20)38-21-7-5-4-6-8-21/h4-14,16,18,25H,15,17H2,1-3H3,(H,35,36)/t25-/m0/s1. The number of aromatic nitrogens is 2. The smallest absolute Gasteiger partial charge is 0.335 e. The molecule has 38 heavy (non-hydrogen) atoms. The lowest BCUT2D eigenvalue weighted by molar-refractivity contribution is -0.127. The molecule has 1 aromatic heterocycles. The number of carbonyl (C=O) groups is 3. The van der Waals surface area contributed by atoms with Crippen molar-refractivity contribution in [2.45, 2.75) is 26.3 Å². The fourth-order valence-electron chi connectivity index (χ4n) is 4.76. The van der Waals surface area contributed by atoms with Crippen LogP contribution in [0.4, 0.5) is 10.5 Å². The van der Waals surface area contributed by atoms with Crippen molar-refractivity contribution in [1.82, 2.24) is 14.5 Å². The van der Waals surface area contributed by atoms with Gasteiger partial charge in [-0.25, -0.2) is 14.6 Å². The fourth-order valence-corrected chi connectivity index (χ4v) is 4.76. The van der Waals surface area contributed by atoms with Crippen LogP contribution in [-0.2, 0) is 11.8 Å². The van der Waals surface area contributed by atoms with Gasteiger partial charge in [0.1, 0.15) is 23.9 Å². The van der Waals surface area contributed by atoms with Gasteiger partial charge >= 0.3 is 12.0 Å². The van der Waals surface area contributed by atoms with Gasteiger partial charge in [-0.3, -0.25) is 14.6 Å². The Hall–Kier alpha value is -4.66. The number of amides is 3. The summed E-state index contributed by atoms with van der Waals surface area (Å²) in [7, 11) is 1.78. The van der Waals surface area contributed by atoms with Crippen molar-refractivity contribution in [3.8, 4) is 11.5 Å². The predicted octanol–water partition coefficient (Wildman–Crippen LogP) is 5.62. The zero-order valence-corrected chi connectivity index (χ0v) is 21.4. The van der Waals surface area contributed by atoms with Crippen LogP contribution in [0.5, 0.6) is 11.5 Å². The molecular formula is C29H28N4O5. The maximum absolute atomic E-state index is 13.6. The van der Waals surface area contributed by atoms with Gasteiger partial charge in [-0.05, 0) is 66.9 Å². The molecule has 194 valence electrons. The SMILES string of the molecule is CC(C)C[C@@H](c1nc2ccc(C(=O)O)cc2n1C)N1C(=O)CN(c2ccc(Oc3ccccc3)cc2)C1=O. The topological polar surface area (TPSA) is 105 Å². The van der Waals surface area contributed by atoms with E-state index in [1.54, 1.807) is 48.0 Å². The second-order valence-corrected chi connectivity index (χ2v) is 9.72. The van der Waals surface area contributed by atoms with Crippen molar-refractivity contribution >= 4 is 34.6 Å². The van der Waals surface area contributed by atoms with Gasteiger partial charge in [0.25, 0.3) is 5.91 Å². The van der Waals surface area contributed by atoms with E-state index in [-0.39, 0.29) is 23.9 Å². The van der Waals surface area contributed by atoms with E-state index < -0.39 is 18.0 Å². The summed E-state index contributed by atoms with van der Waals surface area (Å²) >= 11 is 0. The normalized spacial score (nSPS) is 14.5. The number of para-hydroxylation sites is 1. The maximum Gasteiger partial charge on any atom is 0.335 e. The summed E-state index contributed by atoms with van der Waals surface area (Å²) < 4.78 is 7.61. The third-order valence-electron chi connectivity index (χ3n) is 6.59. The maximum atomic E-state index is 13.6. The van der Waals surface area contributed by atoms with Crippen molar-refractivity contribution in [3.05, 3.63) is 84.2 Å². The zero-order chi connectivity index (χ0) is 27.0. The number of aromatic carboxylic acids is 1. The average Bonchev–Trinajstić information content (AvgIpc) is 3.38. The number of benzene rings is 3. The number of imide groups is 1. The molecular weight excluding hydrogens is 484 g/mol. The first-order valence-electron chi connectivity index (χ1n) is 12.4. The molecule has 9 nitrogen and oxygen atoms in total. The minimum Gasteiger partial charge on any atom is -0.478 e. The first-order valence-corrected chi connectivity index (χ1v) is 12.4. The minimum atomic E-state index is -1.03. The highest BCUT2D eigenvalue weighted by Gasteiger charge is 2.43. The number of hydrogen-bond donors (Lipinski definition) is 1. The van der Waals surface area contributed by atoms with E-state index in [0.717, 1.165) is 0 Å². The van der Waals surface area contributed by atoms with Crippen LogP contribution >= 0.6 is 0 Å². The predicted molar refractivity (Wildman–Crippen MR) is 142 cm³/mol. The van der Waals surface area contributed by atoms with Crippen LogP contribution in [0.25, 0.3) is 11.0 Å². The minimum absolute atomic E-state index is 0.0839. The van der Waals surface area contributed by atoms with Gasteiger partial charge in [-0.2, -0.15) is 0 Å². The lowest BCUT2D eigenvalue weighted by atomic mass is 10.0. The van der Waals surface area contributed by atoms with Crippen LogP contribution < -0.4 is 9.64 Å². The summed E-state index contributed by atoms with van der Waals surface area (Å²) in [6, 6.07) is 20.1. The number of nitrogens with zero attached hydrogens (tertiary/aromatic N) is 4. The number of carbonyl (C=O) groups excluding carboxylic acids is 2. The molecule has 9 heteroatoms. The van der Waals surface area contributed by atoms with Gasteiger partial charge < -0.3 is 14.4 Å². The van der Waals surface area contributed by atoms with E-state index >= 15 is 0 Å². The van der Waals surface area contributed by atoms with Crippen LogP contribution in [0.15, 0.2) is 72.8 Å². The van der Waals surface area contributed by atoms with E-state index in [1.165, 1.54) is 15.9 Å². The first kappa shape index (κ1) is 25.0. The number of hydrogen-bond acceptors (Lipinski definition) is 5. The Morgan fingerprint density at radius 2 is 1.68 bits per heavy atom.